The molecule has 0 bridgehead atoms. The van der Waals surface area contributed by atoms with Gasteiger partial charge in [-0.3, -0.25) is 4.79 Å². The number of aldehydes is 1. The standard InChI is InChI=1S/C9H9BO4/c1-13-8-3-6(4-11)2-7-5-14-10(12)9(7)8/h2-4,12H,5H2,1H3. The van der Waals surface area contributed by atoms with Crippen LogP contribution in [-0.2, 0) is 11.3 Å². The Labute approximate surface area is 81.6 Å². The molecule has 1 aromatic carbocycles. The smallest absolute Gasteiger partial charge is 0.495 e. The maximum absolute atomic E-state index is 10.6. The van der Waals surface area contributed by atoms with E-state index in [-0.39, 0.29) is 0 Å². The second-order valence-electron chi connectivity index (χ2n) is 3.08. The normalized spacial score (nSPS) is 14.0. The molecule has 0 saturated heterocycles. The van der Waals surface area contributed by atoms with Crippen LogP contribution in [0.15, 0.2) is 12.1 Å². The first-order valence-corrected chi connectivity index (χ1v) is 4.22. The van der Waals surface area contributed by atoms with E-state index in [9.17, 15) is 9.82 Å². The van der Waals surface area contributed by atoms with Gasteiger partial charge in [-0.05, 0) is 17.7 Å². The van der Waals surface area contributed by atoms with E-state index >= 15 is 0 Å². The van der Waals surface area contributed by atoms with Crippen molar-refractivity contribution in [3.63, 3.8) is 0 Å². The summed E-state index contributed by atoms with van der Waals surface area (Å²) in [5, 5.41) is 9.47. The molecule has 0 unspecified atom stereocenters. The monoisotopic (exact) mass is 192 g/mol. The summed E-state index contributed by atoms with van der Waals surface area (Å²) in [6.45, 7) is 0.314. The van der Waals surface area contributed by atoms with Gasteiger partial charge < -0.3 is 14.4 Å². The highest BCUT2D eigenvalue weighted by atomic mass is 16.5. The number of benzene rings is 1. The van der Waals surface area contributed by atoms with Gasteiger partial charge >= 0.3 is 7.12 Å². The van der Waals surface area contributed by atoms with Gasteiger partial charge in [0, 0.05) is 11.0 Å². The average Bonchev–Trinajstić information content (AvgIpc) is 2.59. The largest absolute Gasteiger partial charge is 0.497 e. The third-order valence-electron chi connectivity index (χ3n) is 2.25. The maximum atomic E-state index is 10.6. The highest BCUT2D eigenvalue weighted by Gasteiger charge is 2.31. The van der Waals surface area contributed by atoms with Gasteiger partial charge in [-0.15, -0.1) is 0 Å². The predicted octanol–water partition coefficient (Wildman–Crippen LogP) is -0.275. The summed E-state index contributed by atoms with van der Waals surface area (Å²) in [6.07, 6.45) is 0.744. The van der Waals surface area contributed by atoms with Crippen molar-refractivity contribution in [3.05, 3.63) is 23.3 Å². The summed E-state index contributed by atoms with van der Waals surface area (Å²) in [5.41, 5.74) is 1.95. The Morgan fingerprint density at radius 2 is 2.43 bits per heavy atom. The molecular formula is C9H9BO4. The van der Waals surface area contributed by atoms with Crippen LogP contribution in [0.4, 0.5) is 0 Å². The van der Waals surface area contributed by atoms with Crippen molar-refractivity contribution in [1.29, 1.82) is 0 Å². The molecule has 0 atom stereocenters. The predicted molar refractivity (Wildman–Crippen MR) is 50.8 cm³/mol. The number of rotatable bonds is 2. The molecule has 0 saturated carbocycles. The highest BCUT2D eigenvalue weighted by molar-refractivity contribution is 6.62. The number of carbonyl (C=O) groups is 1. The first-order valence-electron chi connectivity index (χ1n) is 4.22. The molecule has 4 nitrogen and oxygen atoms in total. The van der Waals surface area contributed by atoms with Gasteiger partial charge in [-0.25, -0.2) is 0 Å². The van der Waals surface area contributed by atoms with Crippen molar-refractivity contribution in [2.45, 2.75) is 6.61 Å². The summed E-state index contributed by atoms with van der Waals surface area (Å²) >= 11 is 0. The molecule has 2 rings (SSSR count). The molecule has 0 radical (unpaired) electrons. The summed E-state index contributed by atoms with van der Waals surface area (Å²) in [7, 11) is 0.551. The number of fused-ring (bicyclic) bond motifs is 1. The van der Waals surface area contributed by atoms with Gasteiger partial charge in [-0.1, -0.05) is 0 Å². The van der Waals surface area contributed by atoms with Crippen molar-refractivity contribution >= 4 is 18.9 Å². The SMILES string of the molecule is COc1cc(C=O)cc2c1B(O)OC2. The molecule has 72 valence electrons. The van der Waals surface area contributed by atoms with Gasteiger partial charge in [0.05, 0.1) is 13.7 Å². The number of hydrogen-bond acceptors (Lipinski definition) is 4. The number of hydrogen-bond donors (Lipinski definition) is 1. The minimum atomic E-state index is -0.944. The molecule has 1 aliphatic rings. The molecule has 1 aromatic rings. The van der Waals surface area contributed by atoms with E-state index in [2.05, 4.69) is 0 Å². The molecule has 0 aromatic heterocycles. The Kier molecular flexibility index (Phi) is 2.27. The minimum absolute atomic E-state index is 0.314. The summed E-state index contributed by atoms with van der Waals surface area (Å²) in [6, 6.07) is 3.28. The molecule has 5 heteroatoms. The van der Waals surface area contributed by atoms with Crippen molar-refractivity contribution in [2.24, 2.45) is 0 Å². The van der Waals surface area contributed by atoms with E-state index in [1.54, 1.807) is 12.1 Å². The molecule has 0 aliphatic carbocycles. The lowest BCUT2D eigenvalue weighted by molar-refractivity contribution is 0.112. The van der Waals surface area contributed by atoms with E-state index in [0.717, 1.165) is 11.8 Å². The van der Waals surface area contributed by atoms with Crippen LogP contribution in [0.1, 0.15) is 15.9 Å². The zero-order chi connectivity index (χ0) is 10.1. The van der Waals surface area contributed by atoms with Crippen LogP contribution in [0, 0.1) is 0 Å². The third kappa shape index (κ3) is 1.30. The number of methoxy groups -OCH3 is 1. The minimum Gasteiger partial charge on any atom is -0.497 e. The van der Waals surface area contributed by atoms with Crippen molar-refractivity contribution in [2.75, 3.05) is 7.11 Å². The number of carbonyl (C=O) groups excluding carboxylic acids is 1. The first-order chi connectivity index (χ1) is 6.76. The molecule has 0 spiro atoms. The molecule has 1 aliphatic heterocycles. The van der Waals surface area contributed by atoms with Gasteiger partial charge in [0.15, 0.2) is 0 Å². The third-order valence-corrected chi connectivity index (χ3v) is 2.25. The zero-order valence-electron chi connectivity index (χ0n) is 7.69. The van der Waals surface area contributed by atoms with Gasteiger partial charge in [0.1, 0.15) is 12.0 Å². The van der Waals surface area contributed by atoms with E-state index in [1.165, 1.54) is 7.11 Å². The van der Waals surface area contributed by atoms with Gasteiger partial charge in [0.2, 0.25) is 0 Å². The Morgan fingerprint density at radius 1 is 1.64 bits per heavy atom. The number of ether oxygens (including phenoxy) is 1. The van der Waals surface area contributed by atoms with Crippen molar-refractivity contribution in [1.82, 2.24) is 0 Å². The van der Waals surface area contributed by atoms with E-state index in [4.69, 9.17) is 9.39 Å². The van der Waals surface area contributed by atoms with E-state index in [1.807, 2.05) is 0 Å². The Balaban J connectivity index is 2.58. The fraction of sp³-hybridized carbons (Fsp3) is 0.222. The van der Waals surface area contributed by atoms with Crippen molar-refractivity contribution < 1.29 is 19.2 Å². The zero-order valence-corrected chi connectivity index (χ0v) is 7.69. The lowest BCUT2D eigenvalue weighted by atomic mass is 9.78. The molecule has 0 amide bonds. The lowest BCUT2D eigenvalue weighted by Crippen LogP contribution is -2.29. The molecule has 1 N–H and O–H groups in total. The molecule has 1 heterocycles. The average molecular weight is 192 g/mol. The first kappa shape index (κ1) is 9.24. The van der Waals surface area contributed by atoms with Gasteiger partial charge in [0.25, 0.3) is 0 Å². The van der Waals surface area contributed by atoms with E-state index in [0.29, 0.717) is 23.4 Å². The quantitative estimate of drug-likeness (QED) is 0.517. The van der Waals surface area contributed by atoms with Crippen molar-refractivity contribution in [3.8, 4) is 5.75 Å². The maximum Gasteiger partial charge on any atom is 0.495 e. The molecule has 0 fully saturated rings. The summed E-state index contributed by atoms with van der Waals surface area (Å²) in [5.74, 6) is 0.495. The molecule has 14 heavy (non-hydrogen) atoms. The molecular weight excluding hydrogens is 183 g/mol. The van der Waals surface area contributed by atoms with Crippen LogP contribution >= 0.6 is 0 Å². The van der Waals surface area contributed by atoms with Crippen LogP contribution in [0.2, 0.25) is 0 Å². The second-order valence-corrected chi connectivity index (χ2v) is 3.08. The van der Waals surface area contributed by atoms with Gasteiger partial charge in [-0.2, -0.15) is 0 Å². The second kappa shape index (κ2) is 3.44. The Morgan fingerprint density at radius 3 is 3.07 bits per heavy atom. The van der Waals surface area contributed by atoms with Crippen LogP contribution < -0.4 is 10.2 Å². The lowest BCUT2D eigenvalue weighted by Gasteiger charge is -2.07. The Hall–Kier alpha value is -1.33. The topological polar surface area (TPSA) is 55.8 Å². The van der Waals surface area contributed by atoms with Crippen LogP contribution in [0.5, 0.6) is 5.75 Å². The fourth-order valence-corrected chi connectivity index (χ4v) is 1.60. The fourth-order valence-electron chi connectivity index (χ4n) is 1.60. The van der Waals surface area contributed by atoms with Crippen LogP contribution in [-0.4, -0.2) is 25.5 Å². The summed E-state index contributed by atoms with van der Waals surface area (Å²) in [4.78, 5) is 10.6. The Bertz CT molecular complexity index is 377. The summed E-state index contributed by atoms with van der Waals surface area (Å²) < 4.78 is 10.1. The van der Waals surface area contributed by atoms with Crippen LogP contribution in [0.3, 0.4) is 0 Å². The highest BCUT2D eigenvalue weighted by Crippen LogP contribution is 2.19. The van der Waals surface area contributed by atoms with Crippen LogP contribution in [0.25, 0.3) is 0 Å². The van der Waals surface area contributed by atoms with E-state index < -0.39 is 7.12 Å².